The highest BCUT2D eigenvalue weighted by molar-refractivity contribution is 5.98. The highest BCUT2D eigenvalue weighted by atomic mass is 16.1. The van der Waals surface area contributed by atoms with Crippen molar-refractivity contribution < 1.29 is 4.79 Å². The Hall–Kier alpha value is -2.82. The highest BCUT2D eigenvalue weighted by Crippen LogP contribution is 2.46. The summed E-state index contributed by atoms with van der Waals surface area (Å²) in [6.45, 7) is 9.32. The van der Waals surface area contributed by atoms with Gasteiger partial charge in [-0.15, -0.1) is 0 Å². The van der Waals surface area contributed by atoms with E-state index in [1.54, 1.807) is 0 Å². The van der Waals surface area contributed by atoms with Crippen LogP contribution in [0.25, 0.3) is 11.0 Å². The van der Waals surface area contributed by atoms with E-state index < -0.39 is 0 Å². The summed E-state index contributed by atoms with van der Waals surface area (Å²) in [6.07, 6.45) is 9.13. The number of carbonyl (C=O) groups is 1. The summed E-state index contributed by atoms with van der Waals surface area (Å²) >= 11 is 0. The molecule has 5 nitrogen and oxygen atoms in total. The van der Waals surface area contributed by atoms with Gasteiger partial charge < -0.3 is 15.2 Å². The molecule has 2 N–H and O–H groups in total. The quantitative estimate of drug-likeness (QED) is 0.393. The third kappa shape index (κ3) is 5.24. The molecule has 0 unspecified atom stereocenters. The van der Waals surface area contributed by atoms with Gasteiger partial charge in [0.05, 0.1) is 11.0 Å². The third-order valence-corrected chi connectivity index (χ3v) is 7.99. The SMILES string of the molecule is CCc1ccc(Nc2nc3cc(C(=O)NC4CCCC4)ccc3n2[C@@H]2C[C@H](C)CC(C)(C)C2)cc1. The van der Waals surface area contributed by atoms with Gasteiger partial charge in [-0.3, -0.25) is 4.79 Å². The molecule has 5 rings (SSSR count). The Morgan fingerprint density at radius 3 is 2.51 bits per heavy atom. The van der Waals surface area contributed by atoms with Gasteiger partial charge in [-0.2, -0.15) is 0 Å². The summed E-state index contributed by atoms with van der Waals surface area (Å²) < 4.78 is 2.40. The zero-order valence-electron chi connectivity index (χ0n) is 21.7. The lowest BCUT2D eigenvalue weighted by Crippen LogP contribution is -2.32. The number of fused-ring (bicyclic) bond motifs is 1. The summed E-state index contributed by atoms with van der Waals surface area (Å²) in [5.41, 5.74) is 5.34. The number of imidazole rings is 1. The molecule has 35 heavy (non-hydrogen) atoms. The average molecular weight is 473 g/mol. The molecule has 0 bridgehead atoms. The van der Waals surface area contributed by atoms with Crippen molar-refractivity contribution in [2.24, 2.45) is 11.3 Å². The fourth-order valence-electron chi connectivity index (χ4n) is 6.48. The van der Waals surface area contributed by atoms with E-state index in [4.69, 9.17) is 4.98 Å². The molecule has 2 saturated carbocycles. The van der Waals surface area contributed by atoms with Gasteiger partial charge in [0.2, 0.25) is 5.95 Å². The van der Waals surface area contributed by atoms with Gasteiger partial charge >= 0.3 is 0 Å². The van der Waals surface area contributed by atoms with Crippen LogP contribution in [0.1, 0.15) is 94.6 Å². The maximum Gasteiger partial charge on any atom is 0.251 e. The number of carbonyl (C=O) groups excluding carboxylic acids is 1. The number of aryl methyl sites for hydroxylation is 1. The van der Waals surface area contributed by atoms with Crippen molar-refractivity contribution in [2.45, 2.75) is 91.1 Å². The molecule has 3 aromatic rings. The minimum absolute atomic E-state index is 0.0189. The normalized spacial score (nSPS) is 22.4. The minimum Gasteiger partial charge on any atom is -0.349 e. The Balaban J connectivity index is 1.51. The molecule has 5 heteroatoms. The number of anilines is 2. The maximum absolute atomic E-state index is 13.0. The fourth-order valence-corrected chi connectivity index (χ4v) is 6.48. The summed E-state index contributed by atoms with van der Waals surface area (Å²) in [4.78, 5) is 18.0. The van der Waals surface area contributed by atoms with Gasteiger partial charge in [-0.1, -0.05) is 52.7 Å². The zero-order valence-corrected chi connectivity index (χ0v) is 21.7. The van der Waals surface area contributed by atoms with Crippen LogP contribution in [0, 0.1) is 11.3 Å². The van der Waals surface area contributed by atoms with Crippen LogP contribution in [0.5, 0.6) is 0 Å². The summed E-state index contributed by atoms with van der Waals surface area (Å²) in [5, 5.41) is 6.83. The first-order chi connectivity index (χ1) is 16.8. The number of hydrogen-bond donors (Lipinski definition) is 2. The molecule has 2 aromatic carbocycles. The number of aromatic nitrogens is 2. The molecular formula is C30H40N4O. The number of rotatable bonds is 6. The molecule has 2 aliphatic carbocycles. The first kappa shape index (κ1) is 23.9. The minimum atomic E-state index is 0.0189. The van der Waals surface area contributed by atoms with E-state index in [1.807, 2.05) is 12.1 Å². The molecule has 1 amide bonds. The van der Waals surface area contributed by atoms with Crippen LogP contribution in [0.3, 0.4) is 0 Å². The number of nitrogens with zero attached hydrogens (tertiary/aromatic N) is 2. The van der Waals surface area contributed by atoms with Crippen molar-refractivity contribution in [3.05, 3.63) is 53.6 Å². The number of nitrogens with one attached hydrogen (secondary N) is 2. The van der Waals surface area contributed by atoms with Crippen LogP contribution in [-0.2, 0) is 6.42 Å². The number of benzene rings is 2. The zero-order chi connectivity index (χ0) is 24.6. The molecule has 0 radical (unpaired) electrons. The van der Waals surface area contributed by atoms with Crippen molar-refractivity contribution in [2.75, 3.05) is 5.32 Å². The molecule has 1 heterocycles. The van der Waals surface area contributed by atoms with Crippen LogP contribution >= 0.6 is 0 Å². The molecular weight excluding hydrogens is 432 g/mol. The second-order valence-corrected chi connectivity index (χ2v) is 11.7. The predicted octanol–water partition coefficient (Wildman–Crippen LogP) is 7.40. The Kier molecular flexibility index (Phi) is 6.61. The molecule has 186 valence electrons. The second-order valence-electron chi connectivity index (χ2n) is 11.7. The van der Waals surface area contributed by atoms with Crippen molar-refractivity contribution in [1.82, 2.24) is 14.9 Å². The van der Waals surface area contributed by atoms with Gasteiger partial charge in [0, 0.05) is 23.3 Å². The molecule has 0 aliphatic heterocycles. The lowest BCUT2D eigenvalue weighted by atomic mass is 9.70. The van der Waals surface area contributed by atoms with Crippen molar-refractivity contribution in [1.29, 1.82) is 0 Å². The van der Waals surface area contributed by atoms with Crippen molar-refractivity contribution >= 4 is 28.6 Å². The van der Waals surface area contributed by atoms with E-state index in [-0.39, 0.29) is 5.91 Å². The van der Waals surface area contributed by atoms with E-state index in [2.05, 4.69) is 73.2 Å². The molecule has 2 fully saturated rings. The molecule has 1 aromatic heterocycles. The summed E-state index contributed by atoms with van der Waals surface area (Å²) in [6, 6.07) is 15.3. The first-order valence-corrected chi connectivity index (χ1v) is 13.5. The van der Waals surface area contributed by atoms with E-state index in [0.29, 0.717) is 29.0 Å². The Labute approximate surface area is 209 Å². The second kappa shape index (κ2) is 9.67. The van der Waals surface area contributed by atoms with Crippen LogP contribution in [0.2, 0.25) is 0 Å². The number of amides is 1. The lowest BCUT2D eigenvalue weighted by Gasteiger charge is -2.40. The summed E-state index contributed by atoms with van der Waals surface area (Å²) in [5.74, 6) is 1.55. The fraction of sp³-hybridized carbons (Fsp3) is 0.533. The topological polar surface area (TPSA) is 59.0 Å². The Morgan fingerprint density at radius 2 is 1.83 bits per heavy atom. The molecule has 0 spiro atoms. The standard InChI is InChI=1S/C30H40N4O/c1-5-21-10-13-24(14-11-21)32-29-33-26-17-22(28(35)31-23-8-6-7-9-23)12-15-27(26)34(29)25-16-20(2)18-30(3,4)19-25/h10-15,17,20,23,25H,5-9,16,18-19H2,1-4H3,(H,31,35)(H,32,33)/t20-,25+/m0/s1. The first-order valence-electron chi connectivity index (χ1n) is 13.5. The van der Waals surface area contributed by atoms with Gasteiger partial charge in [-0.25, -0.2) is 4.98 Å². The van der Waals surface area contributed by atoms with E-state index >= 15 is 0 Å². The maximum atomic E-state index is 13.0. The van der Waals surface area contributed by atoms with Gasteiger partial charge in [-0.05, 0) is 85.8 Å². The van der Waals surface area contributed by atoms with Gasteiger partial charge in [0.15, 0.2) is 0 Å². The van der Waals surface area contributed by atoms with Crippen LogP contribution in [0.4, 0.5) is 11.6 Å². The predicted molar refractivity (Wildman–Crippen MR) is 144 cm³/mol. The van der Waals surface area contributed by atoms with Gasteiger partial charge in [0.25, 0.3) is 5.91 Å². The molecule has 2 atom stereocenters. The molecule has 2 aliphatic rings. The Morgan fingerprint density at radius 1 is 1.09 bits per heavy atom. The third-order valence-electron chi connectivity index (χ3n) is 7.99. The van der Waals surface area contributed by atoms with Crippen LogP contribution in [0.15, 0.2) is 42.5 Å². The lowest BCUT2D eigenvalue weighted by molar-refractivity contribution is 0.0938. The smallest absolute Gasteiger partial charge is 0.251 e. The molecule has 0 saturated heterocycles. The van der Waals surface area contributed by atoms with Crippen LogP contribution < -0.4 is 10.6 Å². The highest BCUT2D eigenvalue weighted by Gasteiger charge is 2.34. The Bertz CT molecular complexity index is 1190. The van der Waals surface area contributed by atoms with E-state index in [1.165, 1.54) is 24.8 Å². The van der Waals surface area contributed by atoms with E-state index in [0.717, 1.165) is 54.8 Å². The monoisotopic (exact) mass is 472 g/mol. The number of hydrogen-bond acceptors (Lipinski definition) is 3. The van der Waals surface area contributed by atoms with Gasteiger partial charge in [0.1, 0.15) is 0 Å². The van der Waals surface area contributed by atoms with Crippen LogP contribution in [-0.4, -0.2) is 21.5 Å². The van der Waals surface area contributed by atoms with Crippen molar-refractivity contribution in [3.8, 4) is 0 Å². The van der Waals surface area contributed by atoms with Crippen molar-refractivity contribution in [3.63, 3.8) is 0 Å². The van der Waals surface area contributed by atoms with E-state index in [9.17, 15) is 4.79 Å². The summed E-state index contributed by atoms with van der Waals surface area (Å²) in [7, 11) is 0. The largest absolute Gasteiger partial charge is 0.349 e. The average Bonchev–Trinajstić information content (AvgIpc) is 3.45.